The van der Waals surface area contributed by atoms with Crippen molar-refractivity contribution < 1.29 is 23.1 Å². The Hall–Kier alpha value is -5.03. The maximum Gasteiger partial charge on any atom is 0.260 e. The average Bonchev–Trinajstić information content (AvgIpc) is 3.62. The maximum absolute atomic E-state index is 15.1. The van der Waals surface area contributed by atoms with Gasteiger partial charge in [0.05, 0.1) is 11.9 Å². The Morgan fingerprint density at radius 3 is 2.52 bits per heavy atom. The van der Waals surface area contributed by atoms with E-state index in [4.69, 9.17) is 4.74 Å². The zero-order chi connectivity index (χ0) is 28.2. The third-order valence-electron chi connectivity index (χ3n) is 6.11. The Kier molecular flexibility index (Phi) is 7.56. The monoisotopic (exact) mass is 559 g/mol. The van der Waals surface area contributed by atoms with Crippen LogP contribution >= 0.6 is 11.3 Å². The summed E-state index contributed by atoms with van der Waals surface area (Å²) in [6, 6.07) is 17.1. The molecule has 40 heavy (non-hydrogen) atoms. The van der Waals surface area contributed by atoms with E-state index in [9.17, 15) is 14.0 Å². The van der Waals surface area contributed by atoms with Gasteiger partial charge in [0.15, 0.2) is 23.6 Å². The fourth-order valence-electron chi connectivity index (χ4n) is 3.99. The number of thiophene rings is 1. The van der Waals surface area contributed by atoms with Crippen molar-refractivity contribution in [3.63, 3.8) is 0 Å². The molecule has 3 heterocycles. The second kappa shape index (κ2) is 11.4. The number of anilines is 2. The second-order valence-corrected chi connectivity index (χ2v) is 9.64. The summed E-state index contributed by atoms with van der Waals surface area (Å²) >= 11 is 1.57. The number of aldehydes is 1. The van der Waals surface area contributed by atoms with Crippen LogP contribution in [0.1, 0.15) is 6.92 Å². The summed E-state index contributed by atoms with van der Waals surface area (Å²) in [6.45, 7) is 1.57. The topological polar surface area (TPSA) is 88.0 Å². The van der Waals surface area contributed by atoms with Crippen LogP contribution < -0.4 is 15.5 Å². The van der Waals surface area contributed by atoms with Crippen LogP contribution in [0.4, 0.5) is 20.2 Å². The number of hydrogen-bond acceptors (Lipinski definition) is 7. The lowest BCUT2D eigenvalue weighted by atomic mass is 10.2. The van der Waals surface area contributed by atoms with Gasteiger partial charge in [0.25, 0.3) is 5.91 Å². The van der Waals surface area contributed by atoms with Crippen molar-refractivity contribution in [3.05, 3.63) is 107 Å². The third-order valence-corrected chi connectivity index (χ3v) is 7.01. The summed E-state index contributed by atoms with van der Waals surface area (Å²) in [4.78, 5) is 25.7. The van der Waals surface area contributed by atoms with Gasteiger partial charge in [-0.25, -0.2) is 13.3 Å². The lowest BCUT2D eigenvalue weighted by molar-refractivity contribution is -0.115. The highest BCUT2D eigenvalue weighted by Crippen LogP contribution is 2.37. The Morgan fingerprint density at radius 1 is 1.05 bits per heavy atom. The van der Waals surface area contributed by atoms with Crippen LogP contribution in [0.2, 0.25) is 0 Å². The van der Waals surface area contributed by atoms with Crippen molar-refractivity contribution in [2.45, 2.75) is 6.92 Å². The molecular formula is C29H23F2N5O3S. The summed E-state index contributed by atoms with van der Waals surface area (Å²) in [5.41, 5.74) is 5.37. The molecule has 3 aromatic heterocycles. The minimum Gasteiger partial charge on any atom is -0.452 e. The number of halogens is 2. The summed E-state index contributed by atoms with van der Waals surface area (Å²) in [5, 5.41) is 10.3. The lowest BCUT2D eigenvalue weighted by Gasteiger charge is -2.23. The number of allylic oxidation sites excluding steroid dienone is 1. The number of fused-ring (bicyclic) bond motifs is 1. The molecule has 202 valence electrons. The molecule has 0 aliphatic carbocycles. The number of rotatable bonds is 9. The second-order valence-electron chi connectivity index (χ2n) is 8.69. The zero-order valence-corrected chi connectivity index (χ0v) is 22.2. The predicted molar refractivity (Wildman–Crippen MR) is 150 cm³/mol. The fourth-order valence-corrected chi connectivity index (χ4v) is 4.75. The number of hydrazine groups is 1. The molecule has 0 spiro atoms. The van der Waals surface area contributed by atoms with Gasteiger partial charge >= 0.3 is 0 Å². The van der Waals surface area contributed by atoms with E-state index in [1.807, 2.05) is 23.6 Å². The Morgan fingerprint density at radius 2 is 1.82 bits per heavy atom. The normalized spacial score (nSPS) is 11.6. The number of amides is 1. The van der Waals surface area contributed by atoms with Gasteiger partial charge in [-0.3, -0.25) is 20.0 Å². The zero-order valence-electron chi connectivity index (χ0n) is 21.4. The van der Waals surface area contributed by atoms with E-state index in [2.05, 4.69) is 15.8 Å². The summed E-state index contributed by atoms with van der Waals surface area (Å²) < 4.78 is 35.9. The van der Waals surface area contributed by atoms with Gasteiger partial charge < -0.3 is 10.1 Å². The quantitative estimate of drug-likeness (QED) is 0.0705. The van der Waals surface area contributed by atoms with E-state index in [-0.39, 0.29) is 22.8 Å². The SMILES string of the molecule is C/C(=C(/C=O)C(=O)Nc1ccc(Oc2ccnn3ccc(-c4cccs4)c23)c(F)c1)N(C)Nc1ccc(F)cc1. The minimum absolute atomic E-state index is 0.0463. The Balaban J connectivity index is 1.33. The summed E-state index contributed by atoms with van der Waals surface area (Å²) in [6.07, 6.45) is 3.78. The highest BCUT2D eigenvalue weighted by Gasteiger charge is 2.18. The van der Waals surface area contributed by atoms with Gasteiger partial charge in [0, 0.05) is 47.2 Å². The smallest absolute Gasteiger partial charge is 0.260 e. The van der Waals surface area contributed by atoms with Crippen LogP contribution in [-0.4, -0.2) is 33.9 Å². The number of carbonyl (C=O) groups excluding carboxylic acids is 2. The van der Waals surface area contributed by atoms with Crippen molar-refractivity contribution in [2.75, 3.05) is 17.8 Å². The molecule has 0 unspecified atom stereocenters. The van der Waals surface area contributed by atoms with Gasteiger partial charge in [-0.1, -0.05) is 6.07 Å². The molecule has 2 aromatic carbocycles. The molecule has 11 heteroatoms. The molecule has 0 saturated heterocycles. The van der Waals surface area contributed by atoms with Crippen molar-refractivity contribution in [1.82, 2.24) is 14.6 Å². The highest BCUT2D eigenvalue weighted by molar-refractivity contribution is 7.13. The van der Waals surface area contributed by atoms with E-state index >= 15 is 4.39 Å². The molecule has 8 nitrogen and oxygen atoms in total. The molecule has 0 bridgehead atoms. The number of benzene rings is 2. The van der Waals surface area contributed by atoms with E-state index < -0.39 is 11.7 Å². The van der Waals surface area contributed by atoms with E-state index in [1.54, 1.807) is 48.3 Å². The van der Waals surface area contributed by atoms with Crippen LogP contribution in [0.25, 0.3) is 16.0 Å². The first-order valence-corrected chi connectivity index (χ1v) is 12.9. The van der Waals surface area contributed by atoms with Gasteiger partial charge in [-0.2, -0.15) is 5.10 Å². The molecular weight excluding hydrogens is 536 g/mol. The molecule has 0 radical (unpaired) electrons. The van der Waals surface area contributed by atoms with Gasteiger partial charge in [-0.05, 0) is 60.8 Å². The minimum atomic E-state index is -0.724. The molecule has 1 amide bonds. The molecule has 0 aliphatic rings. The number of carbonyl (C=O) groups is 2. The Bertz CT molecular complexity index is 1720. The molecule has 0 atom stereocenters. The van der Waals surface area contributed by atoms with Crippen LogP contribution in [0, 0.1) is 11.6 Å². The molecule has 0 fully saturated rings. The lowest BCUT2D eigenvalue weighted by Crippen LogP contribution is -2.28. The van der Waals surface area contributed by atoms with Crippen molar-refractivity contribution >= 4 is 40.4 Å². The van der Waals surface area contributed by atoms with Gasteiger partial charge in [0.1, 0.15) is 16.9 Å². The van der Waals surface area contributed by atoms with Crippen LogP contribution in [-0.2, 0) is 9.59 Å². The number of ether oxygens (including phenoxy) is 1. The Labute approximate surface area is 232 Å². The first kappa shape index (κ1) is 26.6. The van der Waals surface area contributed by atoms with Crippen LogP contribution in [0.3, 0.4) is 0 Å². The maximum atomic E-state index is 15.1. The molecule has 5 rings (SSSR count). The number of hydrogen-bond donors (Lipinski definition) is 2. The average molecular weight is 560 g/mol. The van der Waals surface area contributed by atoms with Crippen molar-refractivity contribution in [2.24, 2.45) is 0 Å². The predicted octanol–water partition coefficient (Wildman–Crippen LogP) is 6.50. The van der Waals surface area contributed by atoms with Crippen LogP contribution in [0.15, 0.2) is 95.8 Å². The highest BCUT2D eigenvalue weighted by atomic mass is 32.1. The van der Waals surface area contributed by atoms with Gasteiger partial charge in [-0.15, -0.1) is 11.3 Å². The standard InChI is InChI=1S/C29H23F2N5O3S/c1-18(35(2)34-20-7-5-19(30)6-8-20)23(17-37)29(38)33-21-9-10-25(24(31)16-21)39-26-11-13-32-36-14-12-22(28(26)36)27-4-3-15-40-27/h3-17,34H,1-2H3,(H,33,38)/b23-18+. The van der Waals surface area contributed by atoms with Crippen molar-refractivity contribution in [3.8, 4) is 21.9 Å². The van der Waals surface area contributed by atoms with E-state index in [0.717, 1.165) is 16.5 Å². The first-order chi connectivity index (χ1) is 19.3. The largest absolute Gasteiger partial charge is 0.452 e. The first-order valence-electron chi connectivity index (χ1n) is 12.0. The summed E-state index contributed by atoms with van der Waals surface area (Å²) in [5.74, 6) is -1.45. The van der Waals surface area contributed by atoms with Gasteiger partial charge in [0.2, 0.25) is 0 Å². The van der Waals surface area contributed by atoms with E-state index in [1.165, 1.54) is 41.4 Å². The molecule has 5 aromatic rings. The third kappa shape index (κ3) is 5.54. The number of nitrogens with one attached hydrogen (secondary N) is 2. The molecule has 0 aliphatic heterocycles. The summed E-state index contributed by atoms with van der Waals surface area (Å²) in [7, 11) is 1.60. The molecule has 2 N–H and O–H groups in total. The van der Waals surface area contributed by atoms with Crippen molar-refractivity contribution in [1.29, 1.82) is 0 Å². The number of nitrogens with zero attached hydrogens (tertiary/aromatic N) is 3. The fraction of sp³-hybridized carbons (Fsp3) is 0.0690. The van der Waals surface area contributed by atoms with Crippen LogP contribution in [0.5, 0.6) is 11.5 Å². The number of aromatic nitrogens is 2. The molecule has 0 saturated carbocycles. The van der Waals surface area contributed by atoms with E-state index in [0.29, 0.717) is 28.9 Å².